The van der Waals surface area contributed by atoms with Crippen molar-refractivity contribution in [1.82, 2.24) is 53.2 Å². The van der Waals surface area contributed by atoms with Crippen LogP contribution in [0.25, 0.3) is 0 Å². The molecule has 352 valence electrons. The first-order chi connectivity index (χ1) is 29.1. The second kappa shape index (κ2) is 32.9. The number of aliphatic hydroxyl groups is 5. The second-order valence-electron chi connectivity index (χ2n) is 15.2. The predicted molar refractivity (Wildman–Crippen MR) is 226 cm³/mol. The lowest BCUT2D eigenvalue weighted by atomic mass is 9.83. The van der Waals surface area contributed by atoms with E-state index in [2.05, 4.69) is 53.2 Å². The van der Waals surface area contributed by atoms with Crippen LogP contribution in [0, 0.1) is 0 Å². The average Bonchev–Trinajstić information content (AvgIpc) is 3.23. The summed E-state index contributed by atoms with van der Waals surface area (Å²) in [4.78, 5) is 38.4. The van der Waals surface area contributed by atoms with Gasteiger partial charge in [-0.3, -0.25) is 0 Å². The number of carbonyl (C=O) groups is 3. The zero-order valence-electron chi connectivity index (χ0n) is 35.3. The third kappa shape index (κ3) is 21.4. The fraction of sp³-hybridized carbons (Fsp3) is 0.919. The van der Waals surface area contributed by atoms with Gasteiger partial charge in [0, 0.05) is 26.2 Å². The van der Waals surface area contributed by atoms with Crippen LogP contribution >= 0.6 is 0 Å². The van der Waals surface area contributed by atoms with Crippen molar-refractivity contribution in [3.63, 3.8) is 0 Å². The van der Waals surface area contributed by atoms with Gasteiger partial charge < -0.3 is 105 Å². The molecule has 23 heteroatoms. The molecule has 1 saturated heterocycles. The zero-order valence-corrected chi connectivity index (χ0v) is 35.3. The molecule has 10 atom stereocenters. The SMILES string of the molecule is NCCCNCCCCNCCCNC(=O)NC1CC(NC(=O)NCCN)C(OC2OC(CO)C(O)C(NC(=O)NCCCNCCCCNCCCN)C2O)C(O)C1O. The Balaban J connectivity index is 1.91. The zero-order chi connectivity index (χ0) is 44.0. The van der Waals surface area contributed by atoms with Gasteiger partial charge in [0.05, 0.1) is 24.7 Å². The van der Waals surface area contributed by atoms with Crippen molar-refractivity contribution >= 4 is 18.1 Å². The first-order valence-electron chi connectivity index (χ1n) is 21.8. The van der Waals surface area contributed by atoms with Crippen LogP contribution < -0.4 is 70.4 Å². The Morgan fingerprint density at radius 1 is 0.517 bits per heavy atom. The van der Waals surface area contributed by atoms with E-state index in [-0.39, 0.29) is 19.5 Å². The van der Waals surface area contributed by atoms with Crippen molar-refractivity contribution < 1.29 is 49.4 Å². The first kappa shape index (κ1) is 53.4. The fourth-order valence-electron chi connectivity index (χ4n) is 6.81. The van der Waals surface area contributed by atoms with Crippen LogP contribution in [0.5, 0.6) is 0 Å². The lowest BCUT2D eigenvalue weighted by molar-refractivity contribution is -0.307. The number of ether oxygens (including phenoxy) is 2. The molecule has 0 spiro atoms. The molecule has 2 fully saturated rings. The number of carbonyl (C=O) groups excluding carboxylic acids is 3. The van der Waals surface area contributed by atoms with E-state index >= 15 is 0 Å². The molecule has 0 bridgehead atoms. The Morgan fingerprint density at radius 3 is 1.45 bits per heavy atom. The van der Waals surface area contributed by atoms with Gasteiger partial charge in [-0.2, -0.15) is 0 Å². The summed E-state index contributed by atoms with van der Waals surface area (Å²) in [6.07, 6.45) is -3.88. The largest absolute Gasteiger partial charge is 0.394 e. The van der Waals surface area contributed by atoms with Crippen LogP contribution in [0.2, 0.25) is 0 Å². The minimum absolute atomic E-state index is 0.116. The second-order valence-corrected chi connectivity index (χ2v) is 15.2. The maximum absolute atomic E-state index is 12.8. The Labute approximate surface area is 354 Å². The number of unbranched alkanes of at least 4 members (excludes halogenated alkanes) is 2. The van der Waals surface area contributed by atoms with Gasteiger partial charge in [-0.15, -0.1) is 0 Å². The average molecular weight is 866 g/mol. The summed E-state index contributed by atoms with van der Waals surface area (Å²) >= 11 is 0. The Kier molecular flexibility index (Phi) is 29.3. The first-order valence-corrected chi connectivity index (χ1v) is 21.8. The highest BCUT2D eigenvalue weighted by molar-refractivity contribution is 5.75. The van der Waals surface area contributed by atoms with E-state index in [0.29, 0.717) is 52.1 Å². The van der Waals surface area contributed by atoms with Gasteiger partial charge in [-0.25, -0.2) is 14.4 Å². The fourth-order valence-corrected chi connectivity index (χ4v) is 6.81. The van der Waals surface area contributed by atoms with Gasteiger partial charge in [-0.1, -0.05) is 0 Å². The highest BCUT2D eigenvalue weighted by Crippen LogP contribution is 2.29. The molecule has 0 radical (unpaired) electrons. The van der Waals surface area contributed by atoms with Crippen LogP contribution in [-0.4, -0.2) is 203 Å². The number of amides is 6. The molecule has 0 aromatic rings. The molecule has 0 aromatic heterocycles. The number of aliphatic hydroxyl groups excluding tert-OH is 5. The lowest BCUT2D eigenvalue weighted by Crippen LogP contribution is -2.70. The minimum Gasteiger partial charge on any atom is -0.394 e. The Hall–Kier alpha value is -2.75. The van der Waals surface area contributed by atoms with Crippen molar-refractivity contribution in [2.24, 2.45) is 17.2 Å². The van der Waals surface area contributed by atoms with Crippen molar-refractivity contribution in [3.05, 3.63) is 0 Å². The molecule has 2 aliphatic rings. The van der Waals surface area contributed by atoms with E-state index in [4.69, 9.17) is 26.7 Å². The summed E-state index contributed by atoms with van der Waals surface area (Å²) in [5, 5.41) is 83.8. The van der Waals surface area contributed by atoms with Gasteiger partial charge in [0.2, 0.25) is 0 Å². The molecule has 1 aliphatic carbocycles. The number of rotatable bonds is 32. The molecular weight excluding hydrogens is 786 g/mol. The number of hydrogen-bond acceptors (Lipinski definition) is 17. The van der Waals surface area contributed by atoms with Crippen molar-refractivity contribution in [1.29, 1.82) is 0 Å². The van der Waals surface area contributed by atoms with Gasteiger partial charge >= 0.3 is 18.1 Å². The highest BCUT2D eigenvalue weighted by atomic mass is 16.7. The number of hydrogen-bond donors (Lipinski definition) is 18. The maximum atomic E-state index is 12.8. The lowest BCUT2D eigenvalue weighted by Gasteiger charge is -2.47. The monoisotopic (exact) mass is 866 g/mol. The molecule has 60 heavy (non-hydrogen) atoms. The third-order valence-corrected chi connectivity index (χ3v) is 10.2. The summed E-state index contributed by atoms with van der Waals surface area (Å²) in [5.74, 6) is 0. The van der Waals surface area contributed by atoms with E-state index in [1.54, 1.807) is 0 Å². The maximum Gasteiger partial charge on any atom is 0.315 e. The van der Waals surface area contributed by atoms with Gasteiger partial charge in [-0.05, 0) is 123 Å². The third-order valence-electron chi connectivity index (χ3n) is 10.2. The van der Waals surface area contributed by atoms with Gasteiger partial charge in [0.1, 0.15) is 36.6 Å². The topological polar surface area (TPSA) is 369 Å². The quantitative estimate of drug-likeness (QED) is 0.0280. The van der Waals surface area contributed by atoms with E-state index in [1.807, 2.05) is 0 Å². The molecule has 0 aromatic carbocycles. The molecule has 1 heterocycles. The van der Waals surface area contributed by atoms with E-state index in [1.165, 1.54) is 0 Å². The number of nitrogens with one attached hydrogen (secondary N) is 10. The Morgan fingerprint density at radius 2 is 0.967 bits per heavy atom. The molecule has 10 unspecified atom stereocenters. The van der Waals surface area contributed by atoms with Crippen LogP contribution in [-0.2, 0) is 9.47 Å². The molecule has 23 nitrogen and oxygen atoms in total. The molecule has 21 N–H and O–H groups in total. The summed E-state index contributed by atoms with van der Waals surface area (Å²) in [7, 11) is 0. The van der Waals surface area contributed by atoms with Gasteiger partial charge in [0.15, 0.2) is 6.29 Å². The predicted octanol–water partition coefficient (Wildman–Crippen LogP) is -5.71. The minimum atomic E-state index is -1.74. The molecule has 1 saturated carbocycles. The smallest absolute Gasteiger partial charge is 0.315 e. The molecule has 1 aliphatic heterocycles. The molecule has 6 amide bonds. The van der Waals surface area contributed by atoms with Crippen molar-refractivity contribution in [3.8, 4) is 0 Å². The normalized spacial score (nSPS) is 26.6. The van der Waals surface area contributed by atoms with Crippen molar-refractivity contribution in [2.75, 3.05) is 98.2 Å². The Bertz CT molecular complexity index is 1140. The van der Waals surface area contributed by atoms with Crippen LogP contribution in [0.4, 0.5) is 14.4 Å². The van der Waals surface area contributed by atoms with Gasteiger partial charge in [0.25, 0.3) is 0 Å². The van der Waals surface area contributed by atoms with Crippen LogP contribution in [0.1, 0.15) is 57.8 Å². The van der Waals surface area contributed by atoms with E-state index in [0.717, 1.165) is 77.8 Å². The number of urea groups is 3. The number of nitrogens with two attached hydrogens (primary N) is 3. The summed E-state index contributed by atoms with van der Waals surface area (Å²) in [6, 6.07) is -5.44. The van der Waals surface area contributed by atoms with E-state index < -0.39 is 85.7 Å². The van der Waals surface area contributed by atoms with Crippen LogP contribution in [0.15, 0.2) is 0 Å². The summed E-state index contributed by atoms with van der Waals surface area (Å²) in [6.45, 7) is 8.25. The van der Waals surface area contributed by atoms with E-state index in [9.17, 15) is 39.9 Å². The molecule has 2 rings (SSSR count). The standard InChI is InChI=1S/C37H79N13O10/c38-9-5-16-41-12-1-3-14-43-18-7-20-45-35(56)48-25-23-26(49-36(57)47-22-11-40)33(32(55)29(25)52)60-34-31(54)28(30(53)27(24-51)59-34)50-37(58)46-21-8-19-44-15-4-2-13-42-17-6-10-39/h25-34,41-44,51-55H,1-24,38-40H2,(H2,45,48,56)(H2,46,50,58)(H2,47,49,57). The summed E-state index contributed by atoms with van der Waals surface area (Å²) < 4.78 is 11.7. The summed E-state index contributed by atoms with van der Waals surface area (Å²) in [5.41, 5.74) is 16.5. The molecular formula is C37H79N13O10. The van der Waals surface area contributed by atoms with Crippen LogP contribution in [0.3, 0.4) is 0 Å². The van der Waals surface area contributed by atoms with Crippen molar-refractivity contribution in [2.45, 2.75) is 119 Å². The highest BCUT2D eigenvalue weighted by Gasteiger charge is 2.51.